The molecule has 38 heavy (non-hydrogen) atoms. The van der Waals surface area contributed by atoms with E-state index >= 15 is 0 Å². The zero-order valence-corrected chi connectivity index (χ0v) is 21.1. The molecule has 18 nitrogen and oxygen atoms in total. The van der Waals surface area contributed by atoms with Gasteiger partial charge in [0.25, 0.3) is 0 Å². The number of nitrogens with one attached hydrogen (secondary N) is 4. The van der Waals surface area contributed by atoms with Gasteiger partial charge in [0.1, 0.15) is 24.2 Å². The Kier molecular flexibility index (Phi) is 16.0. The number of nitrogens with two attached hydrogens (primary N) is 3. The van der Waals surface area contributed by atoms with Gasteiger partial charge in [-0.1, -0.05) is 0 Å². The molecule has 0 aliphatic carbocycles. The van der Waals surface area contributed by atoms with Gasteiger partial charge in [-0.3, -0.25) is 29.0 Å². The fraction of sp³-hybridized carbons (Fsp3) is 0.632. The number of carboxylic acids is 2. The third-order valence-electron chi connectivity index (χ3n) is 4.74. The molecule has 0 bridgehead atoms. The molecule has 0 heterocycles. The van der Waals surface area contributed by atoms with Gasteiger partial charge in [-0.05, 0) is 12.8 Å². The van der Waals surface area contributed by atoms with E-state index in [2.05, 4.69) is 28.3 Å². The van der Waals surface area contributed by atoms with Crippen LogP contribution in [0.3, 0.4) is 0 Å². The van der Waals surface area contributed by atoms with Crippen LogP contribution in [-0.2, 0) is 28.8 Å². The number of aliphatic hydroxyl groups is 2. The Morgan fingerprint density at radius 1 is 0.763 bits per heavy atom. The largest absolute Gasteiger partial charge is 0.481 e. The van der Waals surface area contributed by atoms with Crippen molar-refractivity contribution in [2.45, 2.75) is 49.5 Å². The topological polar surface area (TPSA) is 322 Å². The van der Waals surface area contributed by atoms with Gasteiger partial charge >= 0.3 is 11.9 Å². The summed E-state index contributed by atoms with van der Waals surface area (Å²) < 4.78 is 0. The van der Waals surface area contributed by atoms with Crippen molar-refractivity contribution in [1.29, 1.82) is 0 Å². The first-order chi connectivity index (χ1) is 17.8. The first kappa shape index (κ1) is 34.3. The zero-order chi connectivity index (χ0) is 29.4. The van der Waals surface area contributed by atoms with E-state index in [1.807, 2.05) is 10.6 Å². The molecule has 5 atom stereocenters. The van der Waals surface area contributed by atoms with Crippen LogP contribution in [-0.4, -0.2) is 118 Å². The summed E-state index contributed by atoms with van der Waals surface area (Å²) in [6.07, 6.45) is -0.434. The first-order valence-electron chi connectivity index (χ1n) is 11.1. The highest BCUT2D eigenvalue weighted by atomic mass is 32.1. The maximum absolute atomic E-state index is 12.7. The van der Waals surface area contributed by atoms with Gasteiger partial charge in [0, 0.05) is 12.3 Å². The average Bonchev–Trinajstić information content (AvgIpc) is 2.84. The summed E-state index contributed by atoms with van der Waals surface area (Å²) in [6, 6.07) is -7.64. The smallest absolute Gasteiger partial charge is 0.328 e. The van der Waals surface area contributed by atoms with Crippen molar-refractivity contribution < 1.29 is 49.2 Å². The summed E-state index contributed by atoms with van der Waals surface area (Å²) in [6.45, 7) is -1.79. The Hall–Kier alpha value is -3.68. The van der Waals surface area contributed by atoms with Crippen molar-refractivity contribution in [2.24, 2.45) is 22.2 Å². The van der Waals surface area contributed by atoms with E-state index in [9.17, 15) is 33.9 Å². The number of aliphatic hydroxyl groups excluding tert-OH is 2. The van der Waals surface area contributed by atoms with Crippen LogP contribution in [0, 0.1) is 0 Å². The molecule has 0 unspecified atom stereocenters. The number of nitrogens with zero attached hydrogens (tertiary/aromatic N) is 1. The molecule has 14 N–H and O–H groups in total. The number of hydrogen-bond donors (Lipinski definition) is 12. The minimum Gasteiger partial charge on any atom is -0.481 e. The van der Waals surface area contributed by atoms with E-state index in [1.54, 1.807) is 0 Å². The Morgan fingerprint density at radius 3 is 1.71 bits per heavy atom. The molecule has 0 fully saturated rings. The van der Waals surface area contributed by atoms with Crippen LogP contribution in [0.1, 0.15) is 19.3 Å². The van der Waals surface area contributed by atoms with Gasteiger partial charge in [0.2, 0.25) is 23.6 Å². The lowest BCUT2D eigenvalue weighted by Crippen LogP contribution is -2.60. The van der Waals surface area contributed by atoms with Gasteiger partial charge in [0.05, 0.1) is 25.7 Å². The Labute approximate surface area is 222 Å². The first-order valence-corrected chi connectivity index (χ1v) is 11.7. The van der Waals surface area contributed by atoms with Crippen molar-refractivity contribution in [3.05, 3.63) is 0 Å². The minimum absolute atomic E-state index is 0.129. The number of carbonyl (C=O) groups is 6. The van der Waals surface area contributed by atoms with Crippen LogP contribution in [0.4, 0.5) is 0 Å². The van der Waals surface area contributed by atoms with E-state index in [4.69, 9.17) is 32.5 Å². The highest BCUT2D eigenvalue weighted by Crippen LogP contribution is 2.01. The molecule has 0 aliphatic heterocycles. The molecule has 0 aromatic heterocycles. The van der Waals surface area contributed by atoms with Gasteiger partial charge in [0.15, 0.2) is 5.96 Å². The summed E-state index contributed by atoms with van der Waals surface area (Å²) in [7, 11) is 0. The van der Waals surface area contributed by atoms with Crippen LogP contribution >= 0.6 is 12.6 Å². The van der Waals surface area contributed by atoms with Crippen LogP contribution in [0.2, 0.25) is 0 Å². The Bertz CT molecular complexity index is 886. The van der Waals surface area contributed by atoms with E-state index < -0.39 is 85.4 Å². The summed E-state index contributed by atoms with van der Waals surface area (Å²) in [5, 5.41) is 44.7. The van der Waals surface area contributed by atoms with E-state index in [0.717, 1.165) is 0 Å². The summed E-state index contributed by atoms with van der Waals surface area (Å²) in [5.41, 5.74) is 16.2. The molecular weight excluding hydrogens is 532 g/mol. The van der Waals surface area contributed by atoms with Crippen molar-refractivity contribution in [3.8, 4) is 0 Å². The highest BCUT2D eigenvalue weighted by Gasteiger charge is 2.32. The van der Waals surface area contributed by atoms with Crippen LogP contribution in [0.5, 0.6) is 0 Å². The molecule has 0 saturated heterocycles. The molecule has 0 radical (unpaired) electrons. The predicted molar refractivity (Wildman–Crippen MR) is 134 cm³/mol. The molecule has 0 rings (SSSR count). The molecule has 4 amide bonds. The molecule has 0 aromatic rings. The number of carboxylic acid groups (broad SMARTS) is 2. The second-order valence-electron chi connectivity index (χ2n) is 7.78. The zero-order valence-electron chi connectivity index (χ0n) is 20.2. The van der Waals surface area contributed by atoms with E-state index in [0.29, 0.717) is 6.42 Å². The standard InChI is InChI=1S/C19H34N8O10S/c20-8(2-1-3-23-19(21)22)14(32)27-12(7-38)17(35)24-9(4-13(30)31)15(33)25-10(5-28)16(34)26-11(6-29)18(36)37/h8-12,28-29,38H,1-7,20H2,(H,24,35)(H,25,33)(H,26,34)(H,27,32)(H,30,31)(H,36,37)(H4,21,22,23)/t8-,9-,10-,11-,12-/m0/s1. The quantitative estimate of drug-likeness (QED) is 0.0318. The number of amides is 4. The predicted octanol–water partition coefficient (Wildman–Crippen LogP) is -6.22. The molecular formula is C19H34N8O10S. The van der Waals surface area contributed by atoms with Crippen molar-refractivity contribution in [2.75, 3.05) is 25.5 Å². The average molecular weight is 567 g/mol. The van der Waals surface area contributed by atoms with E-state index in [1.165, 1.54) is 0 Å². The molecule has 0 spiro atoms. The lowest BCUT2D eigenvalue weighted by Gasteiger charge is -2.24. The van der Waals surface area contributed by atoms with Crippen molar-refractivity contribution in [1.82, 2.24) is 21.3 Å². The second kappa shape index (κ2) is 17.7. The van der Waals surface area contributed by atoms with Crippen molar-refractivity contribution in [3.63, 3.8) is 0 Å². The van der Waals surface area contributed by atoms with Gasteiger partial charge in [-0.15, -0.1) is 0 Å². The van der Waals surface area contributed by atoms with Gasteiger partial charge in [-0.25, -0.2) is 4.79 Å². The molecule has 0 saturated carbocycles. The number of carbonyl (C=O) groups excluding carboxylic acids is 4. The molecule has 19 heteroatoms. The molecule has 216 valence electrons. The van der Waals surface area contributed by atoms with Crippen molar-refractivity contribution >= 4 is 54.2 Å². The highest BCUT2D eigenvalue weighted by molar-refractivity contribution is 7.80. The summed E-state index contributed by atoms with van der Waals surface area (Å²) >= 11 is 3.97. The number of guanidine groups is 1. The SMILES string of the molecule is NC(N)=NCCC[C@H](N)C(=O)N[C@@H](CS)C(=O)N[C@@H](CC(=O)O)C(=O)N[C@@H](CO)C(=O)N[C@@H](CO)C(=O)O. The minimum atomic E-state index is -1.78. The number of rotatable bonds is 18. The normalized spacial score (nSPS) is 14.5. The summed E-state index contributed by atoms with van der Waals surface area (Å²) in [4.78, 5) is 75.7. The third kappa shape index (κ3) is 13.0. The van der Waals surface area contributed by atoms with E-state index in [-0.39, 0.29) is 24.7 Å². The number of thiol groups is 1. The fourth-order valence-corrected chi connectivity index (χ4v) is 2.96. The monoisotopic (exact) mass is 566 g/mol. The lowest BCUT2D eigenvalue weighted by molar-refractivity contribution is -0.144. The molecule has 0 aliphatic rings. The van der Waals surface area contributed by atoms with Crippen LogP contribution < -0.4 is 38.5 Å². The maximum atomic E-state index is 12.7. The summed E-state index contributed by atoms with van der Waals surface area (Å²) in [5.74, 6) is -7.65. The lowest BCUT2D eigenvalue weighted by atomic mass is 10.1. The maximum Gasteiger partial charge on any atom is 0.328 e. The number of hydrogen-bond acceptors (Lipinski definition) is 11. The number of aliphatic carboxylic acids is 2. The Balaban J connectivity index is 5.29. The van der Waals surface area contributed by atoms with Crippen LogP contribution in [0.15, 0.2) is 4.99 Å². The Morgan fingerprint density at radius 2 is 1.24 bits per heavy atom. The third-order valence-corrected chi connectivity index (χ3v) is 5.11. The number of aliphatic imine (C=N–C) groups is 1. The van der Waals surface area contributed by atoms with Crippen LogP contribution in [0.25, 0.3) is 0 Å². The van der Waals surface area contributed by atoms with Gasteiger partial charge < -0.3 is 58.9 Å². The second-order valence-corrected chi connectivity index (χ2v) is 8.15. The van der Waals surface area contributed by atoms with Gasteiger partial charge in [-0.2, -0.15) is 12.6 Å². The fourth-order valence-electron chi connectivity index (χ4n) is 2.70. The molecule has 0 aromatic carbocycles.